The summed E-state index contributed by atoms with van der Waals surface area (Å²) >= 11 is 1.71. The summed E-state index contributed by atoms with van der Waals surface area (Å²) in [5.74, 6) is 0.785. The van der Waals surface area contributed by atoms with E-state index in [4.69, 9.17) is 9.72 Å². The Bertz CT molecular complexity index is 1450. The summed E-state index contributed by atoms with van der Waals surface area (Å²) < 4.78 is 8.28. The number of thiophene rings is 1. The van der Waals surface area contributed by atoms with Crippen molar-refractivity contribution in [2.45, 2.75) is 63.0 Å². The van der Waals surface area contributed by atoms with E-state index in [-0.39, 0.29) is 18.1 Å². The number of aliphatic hydroxyl groups is 1. The maximum Gasteiger partial charge on any atom is 0.235 e. The number of nitrogens with one attached hydrogen (secondary N) is 2. The number of aromatic nitrogens is 2. The molecule has 3 aromatic heterocycles. The normalized spacial score (nSPS) is 17.2. The Labute approximate surface area is 226 Å². The van der Waals surface area contributed by atoms with Crippen LogP contribution in [-0.2, 0) is 16.6 Å². The van der Waals surface area contributed by atoms with Gasteiger partial charge in [0.15, 0.2) is 0 Å². The highest BCUT2D eigenvalue weighted by Gasteiger charge is 2.50. The molecule has 0 saturated heterocycles. The van der Waals surface area contributed by atoms with E-state index >= 15 is 0 Å². The van der Waals surface area contributed by atoms with Gasteiger partial charge in [0, 0.05) is 58.3 Å². The zero-order valence-corrected chi connectivity index (χ0v) is 22.7. The van der Waals surface area contributed by atoms with E-state index < -0.39 is 11.5 Å². The lowest BCUT2D eigenvalue weighted by Gasteiger charge is -2.28. The Kier molecular flexibility index (Phi) is 6.50. The zero-order valence-electron chi connectivity index (χ0n) is 21.9. The highest BCUT2D eigenvalue weighted by molar-refractivity contribution is 7.13. The number of aliphatic hydroxyl groups excluding tert-OH is 1. The van der Waals surface area contributed by atoms with Crippen molar-refractivity contribution in [2.75, 3.05) is 18.5 Å². The van der Waals surface area contributed by atoms with Gasteiger partial charge >= 0.3 is 0 Å². The van der Waals surface area contributed by atoms with Gasteiger partial charge in [-0.2, -0.15) is 0 Å². The van der Waals surface area contributed by atoms with Gasteiger partial charge in [0.05, 0.1) is 5.41 Å². The van der Waals surface area contributed by atoms with Crippen molar-refractivity contribution in [2.24, 2.45) is 0 Å². The van der Waals surface area contributed by atoms with E-state index in [9.17, 15) is 9.90 Å². The Hall–Kier alpha value is -3.20. The van der Waals surface area contributed by atoms with Crippen LogP contribution in [0.5, 0.6) is 5.75 Å². The molecular formula is C30H34N4O3S. The van der Waals surface area contributed by atoms with Crippen LogP contribution in [-0.4, -0.2) is 45.2 Å². The lowest BCUT2D eigenvalue weighted by atomic mass is 9.79. The Balaban J connectivity index is 1.09. The first kappa shape index (κ1) is 25.1. The van der Waals surface area contributed by atoms with Crippen LogP contribution in [0.1, 0.15) is 50.8 Å². The third-order valence-corrected chi connectivity index (χ3v) is 8.82. The lowest BCUT2D eigenvalue weighted by molar-refractivity contribution is -0.120. The summed E-state index contributed by atoms with van der Waals surface area (Å²) in [4.78, 5) is 18.7. The van der Waals surface area contributed by atoms with Crippen molar-refractivity contribution < 1.29 is 14.6 Å². The molecule has 6 rings (SSSR count). The molecule has 1 aliphatic heterocycles. The number of benzene rings is 1. The lowest BCUT2D eigenvalue weighted by Crippen LogP contribution is -2.46. The first-order valence-electron chi connectivity index (χ1n) is 13.4. The third-order valence-electron chi connectivity index (χ3n) is 7.91. The molecule has 1 atom stereocenters. The second-order valence-electron chi connectivity index (χ2n) is 11.2. The topological polar surface area (TPSA) is 87.9 Å². The summed E-state index contributed by atoms with van der Waals surface area (Å²) in [6.07, 6.45) is 7.85. The minimum atomic E-state index is -0.692. The molecule has 2 aliphatic rings. The molecule has 1 fully saturated rings. The molecule has 4 heterocycles. The second kappa shape index (κ2) is 9.84. The number of imidazole rings is 1. The Morgan fingerprint density at radius 3 is 2.84 bits per heavy atom. The van der Waals surface area contributed by atoms with Gasteiger partial charge in [0.25, 0.3) is 0 Å². The smallest absolute Gasteiger partial charge is 0.235 e. The minimum Gasteiger partial charge on any atom is -0.490 e. The highest BCUT2D eigenvalue weighted by atomic mass is 32.1. The van der Waals surface area contributed by atoms with Gasteiger partial charge in [-0.3, -0.25) is 4.79 Å². The van der Waals surface area contributed by atoms with Gasteiger partial charge in [-0.25, -0.2) is 4.98 Å². The molecule has 7 nitrogen and oxygen atoms in total. The van der Waals surface area contributed by atoms with E-state index in [2.05, 4.69) is 64.7 Å². The van der Waals surface area contributed by atoms with Crippen LogP contribution >= 0.6 is 11.3 Å². The number of carbonyl (C=O) groups excluding carboxylic acids is 1. The van der Waals surface area contributed by atoms with Crippen LogP contribution in [0.4, 0.5) is 5.69 Å². The van der Waals surface area contributed by atoms with Crippen LogP contribution < -0.4 is 15.4 Å². The van der Waals surface area contributed by atoms with Crippen molar-refractivity contribution >= 4 is 28.6 Å². The molecular weight excluding hydrogens is 496 g/mol. The predicted molar refractivity (Wildman–Crippen MR) is 151 cm³/mol. The van der Waals surface area contributed by atoms with Gasteiger partial charge in [0.2, 0.25) is 5.91 Å². The fraction of sp³-hybridized carbons (Fsp3) is 0.400. The average Bonchev–Trinajstić information content (AvgIpc) is 3.71. The van der Waals surface area contributed by atoms with E-state index in [1.165, 1.54) is 4.88 Å². The summed E-state index contributed by atoms with van der Waals surface area (Å²) in [6, 6.07) is 14.1. The van der Waals surface area contributed by atoms with Crippen molar-refractivity contribution in [3.8, 4) is 16.2 Å². The molecule has 198 valence electrons. The van der Waals surface area contributed by atoms with Crippen molar-refractivity contribution in [1.82, 2.24) is 14.7 Å². The van der Waals surface area contributed by atoms with Gasteiger partial charge in [0.1, 0.15) is 24.1 Å². The molecule has 1 saturated carbocycles. The Morgan fingerprint density at radius 1 is 1.21 bits per heavy atom. The number of amides is 1. The number of nitrogens with zero attached hydrogens (tertiary/aromatic N) is 2. The molecule has 1 amide bonds. The maximum atomic E-state index is 12.8. The first-order valence-corrected chi connectivity index (χ1v) is 14.2. The number of β-amino-alcohol motifs (C(OH)–C–C–N with tert-alkyl or cyclic N) is 1. The fourth-order valence-electron chi connectivity index (χ4n) is 6.03. The fourth-order valence-corrected chi connectivity index (χ4v) is 6.78. The molecule has 4 aromatic rings. The standard InChI is InChI=1S/C30H34N4O3S/c1-29(2,16-20-17-31-27-22(8-6-14-34(20)27)25-11-7-15-38-25)32-18-21(35)19-37-24-10-5-9-23-26(24)30(28(36)33-23)12-3-4-13-30/h5-11,14-15,17,21,32,35H,3-4,12-13,16,18-19H2,1-2H3,(H,33,36)/t21-/m0/s1. The predicted octanol–water partition coefficient (Wildman–Crippen LogP) is 5.18. The van der Waals surface area contributed by atoms with Crippen LogP contribution in [0.3, 0.4) is 0 Å². The number of carbonyl (C=O) groups is 1. The molecule has 1 spiro atoms. The monoisotopic (exact) mass is 530 g/mol. The number of hydrogen-bond donors (Lipinski definition) is 3. The molecule has 0 bridgehead atoms. The second-order valence-corrected chi connectivity index (χ2v) is 12.1. The molecule has 3 N–H and O–H groups in total. The van der Waals surface area contributed by atoms with Crippen LogP contribution in [0.15, 0.2) is 60.2 Å². The van der Waals surface area contributed by atoms with Crippen molar-refractivity contribution in [3.05, 3.63) is 71.5 Å². The maximum absolute atomic E-state index is 12.8. The zero-order chi connectivity index (χ0) is 26.3. The first-order chi connectivity index (χ1) is 18.4. The van der Waals surface area contributed by atoms with Crippen molar-refractivity contribution in [3.63, 3.8) is 0 Å². The number of rotatable bonds is 9. The van der Waals surface area contributed by atoms with Crippen LogP contribution in [0.25, 0.3) is 16.1 Å². The van der Waals surface area contributed by atoms with Crippen LogP contribution in [0.2, 0.25) is 0 Å². The van der Waals surface area contributed by atoms with E-state index in [0.29, 0.717) is 12.3 Å². The number of fused-ring (bicyclic) bond motifs is 3. The molecule has 0 radical (unpaired) electrons. The van der Waals surface area contributed by atoms with Gasteiger partial charge in [-0.1, -0.05) is 25.0 Å². The molecule has 1 aliphatic carbocycles. The van der Waals surface area contributed by atoms with Gasteiger partial charge < -0.3 is 24.9 Å². The molecule has 38 heavy (non-hydrogen) atoms. The summed E-state index contributed by atoms with van der Waals surface area (Å²) in [5, 5.41) is 19.4. The third kappa shape index (κ3) is 4.51. The number of hydrogen-bond acceptors (Lipinski definition) is 6. The summed E-state index contributed by atoms with van der Waals surface area (Å²) in [5.41, 5.74) is 4.27. The van der Waals surface area contributed by atoms with Gasteiger partial charge in [-0.15, -0.1) is 11.3 Å². The SMILES string of the molecule is CC(C)(Cc1cnc2c(-c3cccs3)cccn12)NC[C@H](O)COc1cccc2c1C1(CCCC1)C(=O)N2. The van der Waals surface area contributed by atoms with E-state index in [1.807, 2.05) is 24.4 Å². The largest absolute Gasteiger partial charge is 0.490 e. The van der Waals surface area contributed by atoms with E-state index in [0.717, 1.165) is 60.3 Å². The summed E-state index contributed by atoms with van der Waals surface area (Å²) in [7, 11) is 0. The highest BCUT2D eigenvalue weighted by Crippen LogP contribution is 2.52. The minimum absolute atomic E-state index is 0.0833. The van der Waals surface area contributed by atoms with E-state index in [1.54, 1.807) is 11.3 Å². The molecule has 1 aromatic carbocycles. The average molecular weight is 531 g/mol. The quantitative estimate of drug-likeness (QED) is 0.278. The van der Waals surface area contributed by atoms with Crippen molar-refractivity contribution in [1.29, 1.82) is 0 Å². The molecule has 0 unspecified atom stereocenters. The molecule has 8 heteroatoms. The summed E-state index contributed by atoms with van der Waals surface area (Å²) in [6.45, 7) is 4.81. The number of ether oxygens (including phenoxy) is 1. The van der Waals surface area contributed by atoms with Crippen LogP contribution in [0, 0.1) is 0 Å². The van der Waals surface area contributed by atoms with Gasteiger partial charge in [-0.05, 0) is 62.4 Å². The number of anilines is 1. The Morgan fingerprint density at radius 2 is 2.05 bits per heavy atom. The number of pyridine rings is 1.